The largest absolute Gasteiger partial charge is 0.481 e. The first-order valence-corrected chi connectivity index (χ1v) is 12.9. The maximum Gasteiger partial charge on any atom is 0.263 e. The highest BCUT2D eigenvalue weighted by Crippen LogP contribution is 2.46. The van der Waals surface area contributed by atoms with Crippen LogP contribution in [0.2, 0.25) is 0 Å². The Morgan fingerprint density at radius 2 is 1.94 bits per heavy atom. The standard InChI is InChI=1S/C28H35N5O3/c1-4-28(11-9-19-10-16-29-21-6-8-24(35-3)33-25(19)21)14-12-27(2,13-15-28)30-17-20-5-7-22-26(31-20)32-23(34)18-36-22/h5-8,10,16,30H,4,9,11-15,17-18H2,1-3H3,(H,31,32,34). The average molecular weight is 490 g/mol. The first-order chi connectivity index (χ1) is 17.4. The van der Waals surface area contributed by atoms with Crippen LogP contribution in [-0.2, 0) is 17.8 Å². The molecule has 190 valence electrons. The molecule has 2 aliphatic rings. The molecule has 8 nitrogen and oxygen atoms in total. The van der Waals surface area contributed by atoms with Crippen molar-refractivity contribution in [3.05, 3.63) is 47.8 Å². The van der Waals surface area contributed by atoms with Crippen LogP contribution in [0.4, 0.5) is 5.82 Å². The summed E-state index contributed by atoms with van der Waals surface area (Å²) in [6.45, 7) is 5.36. The van der Waals surface area contributed by atoms with Crippen LogP contribution in [0.1, 0.15) is 63.6 Å². The maximum absolute atomic E-state index is 11.6. The van der Waals surface area contributed by atoms with Crippen molar-refractivity contribution in [1.29, 1.82) is 0 Å². The Morgan fingerprint density at radius 3 is 2.72 bits per heavy atom. The first kappa shape index (κ1) is 24.4. The van der Waals surface area contributed by atoms with Gasteiger partial charge in [-0.1, -0.05) is 13.3 Å². The number of ether oxygens (including phenoxy) is 2. The molecule has 0 saturated heterocycles. The second kappa shape index (κ2) is 10.0. The SMILES string of the molecule is CCC1(CCc2ccnc3ccc(OC)nc23)CCC(C)(NCc2ccc3c(n2)NC(=O)CO3)CC1. The van der Waals surface area contributed by atoms with Gasteiger partial charge in [0.05, 0.1) is 23.8 Å². The highest BCUT2D eigenvalue weighted by atomic mass is 16.5. The quantitative estimate of drug-likeness (QED) is 0.468. The molecule has 1 amide bonds. The number of hydrogen-bond acceptors (Lipinski definition) is 7. The van der Waals surface area contributed by atoms with Crippen molar-refractivity contribution in [2.45, 2.75) is 70.9 Å². The number of aryl methyl sites for hydroxylation is 1. The minimum Gasteiger partial charge on any atom is -0.481 e. The van der Waals surface area contributed by atoms with Crippen LogP contribution < -0.4 is 20.1 Å². The van der Waals surface area contributed by atoms with Crippen LogP contribution in [-0.4, -0.2) is 40.1 Å². The Bertz CT molecular complexity index is 1250. The average Bonchev–Trinajstić information content (AvgIpc) is 2.91. The molecule has 5 rings (SSSR count). The van der Waals surface area contributed by atoms with Gasteiger partial charge in [0.25, 0.3) is 5.91 Å². The fourth-order valence-corrected chi connectivity index (χ4v) is 5.47. The van der Waals surface area contributed by atoms with E-state index in [1.807, 2.05) is 30.5 Å². The Balaban J connectivity index is 1.20. The summed E-state index contributed by atoms with van der Waals surface area (Å²) in [6.07, 6.45) is 9.81. The molecule has 1 fully saturated rings. The van der Waals surface area contributed by atoms with E-state index in [0.29, 0.717) is 29.4 Å². The molecule has 1 aliphatic carbocycles. The van der Waals surface area contributed by atoms with Crippen LogP contribution >= 0.6 is 0 Å². The zero-order valence-corrected chi connectivity index (χ0v) is 21.4. The molecular weight excluding hydrogens is 454 g/mol. The summed E-state index contributed by atoms with van der Waals surface area (Å²) in [5.41, 5.74) is 4.41. The van der Waals surface area contributed by atoms with Crippen LogP contribution in [0.5, 0.6) is 11.6 Å². The van der Waals surface area contributed by atoms with E-state index in [1.54, 1.807) is 7.11 Å². The lowest BCUT2D eigenvalue weighted by Crippen LogP contribution is -2.47. The number of carbonyl (C=O) groups excluding carboxylic acids is 1. The maximum atomic E-state index is 11.6. The lowest BCUT2D eigenvalue weighted by Gasteiger charge is -2.45. The zero-order valence-electron chi connectivity index (χ0n) is 21.4. The molecule has 1 aliphatic heterocycles. The topological polar surface area (TPSA) is 98.3 Å². The van der Waals surface area contributed by atoms with Gasteiger partial charge in [-0.25, -0.2) is 9.97 Å². The summed E-state index contributed by atoms with van der Waals surface area (Å²) in [4.78, 5) is 25.4. The highest BCUT2D eigenvalue weighted by Gasteiger charge is 2.39. The van der Waals surface area contributed by atoms with Gasteiger partial charge in [-0.15, -0.1) is 0 Å². The summed E-state index contributed by atoms with van der Waals surface area (Å²) in [6, 6.07) is 9.80. The normalized spacial score (nSPS) is 23.6. The fourth-order valence-electron chi connectivity index (χ4n) is 5.47. The van der Waals surface area contributed by atoms with Crippen molar-refractivity contribution in [2.75, 3.05) is 19.0 Å². The van der Waals surface area contributed by atoms with E-state index in [-0.39, 0.29) is 18.1 Å². The summed E-state index contributed by atoms with van der Waals surface area (Å²) in [5.74, 6) is 1.61. The predicted octanol–water partition coefficient (Wildman–Crippen LogP) is 4.82. The van der Waals surface area contributed by atoms with Crippen molar-refractivity contribution in [3.63, 3.8) is 0 Å². The number of pyridine rings is 3. The monoisotopic (exact) mass is 489 g/mol. The number of carbonyl (C=O) groups is 1. The number of anilines is 1. The van der Waals surface area contributed by atoms with Gasteiger partial charge in [0.15, 0.2) is 18.2 Å². The van der Waals surface area contributed by atoms with Crippen LogP contribution in [0.3, 0.4) is 0 Å². The summed E-state index contributed by atoms with van der Waals surface area (Å²) in [5, 5.41) is 6.55. The number of hydrogen-bond donors (Lipinski definition) is 2. The minimum absolute atomic E-state index is 0.0472. The van der Waals surface area contributed by atoms with Gasteiger partial charge in [-0.2, -0.15) is 0 Å². The van der Waals surface area contributed by atoms with Gasteiger partial charge >= 0.3 is 0 Å². The second-order valence-electron chi connectivity index (χ2n) is 10.4. The van der Waals surface area contributed by atoms with E-state index in [2.05, 4.69) is 45.5 Å². The van der Waals surface area contributed by atoms with Crippen molar-refractivity contribution in [3.8, 4) is 11.6 Å². The number of nitrogens with one attached hydrogen (secondary N) is 2. The Labute approximate surface area is 212 Å². The van der Waals surface area contributed by atoms with Crippen LogP contribution in [0.25, 0.3) is 11.0 Å². The van der Waals surface area contributed by atoms with Gasteiger partial charge < -0.3 is 20.1 Å². The van der Waals surface area contributed by atoms with E-state index in [9.17, 15) is 4.79 Å². The molecule has 3 aromatic rings. The van der Waals surface area contributed by atoms with Gasteiger partial charge in [-0.3, -0.25) is 9.78 Å². The molecule has 0 spiro atoms. The molecule has 2 N–H and O–H groups in total. The predicted molar refractivity (Wildman–Crippen MR) is 139 cm³/mol. The molecule has 4 heterocycles. The van der Waals surface area contributed by atoms with Crippen molar-refractivity contribution in [2.24, 2.45) is 5.41 Å². The lowest BCUT2D eigenvalue weighted by atomic mass is 9.64. The van der Waals surface area contributed by atoms with Gasteiger partial charge in [0.2, 0.25) is 5.88 Å². The smallest absolute Gasteiger partial charge is 0.263 e. The molecule has 1 saturated carbocycles. The molecule has 36 heavy (non-hydrogen) atoms. The zero-order chi connectivity index (χ0) is 25.2. The number of rotatable bonds is 8. The van der Waals surface area contributed by atoms with Crippen molar-refractivity contribution in [1.82, 2.24) is 20.3 Å². The molecular formula is C28H35N5O3. The molecule has 0 radical (unpaired) electrons. The third kappa shape index (κ3) is 5.14. The highest BCUT2D eigenvalue weighted by molar-refractivity contribution is 5.94. The summed E-state index contributed by atoms with van der Waals surface area (Å²) in [7, 11) is 1.65. The van der Waals surface area contributed by atoms with E-state index in [1.165, 1.54) is 24.8 Å². The van der Waals surface area contributed by atoms with E-state index < -0.39 is 0 Å². The van der Waals surface area contributed by atoms with Crippen molar-refractivity contribution >= 4 is 22.8 Å². The molecule has 3 aromatic heterocycles. The summed E-state index contributed by atoms with van der Waals surface area (Å²) >= 11 is 0. The molecule has 0 atom stereocenters. The van der Waals surface area contributed by atoms with E-state index in [0.717, 1.165) is 42.4 Å². The molecule has 8 heteroatoms. The van der Waals surface area contributed by atoms with Crippen LogP contribution in [0.15, 0.2) is 36.5 Å². The third-order valence-corrected chi connectivity index (χ3v) is 8.17. The Morgan fingerprint density at radius 1 is 1.11 bits per heavy atom. The lowest BCUT2D eigenvalue weighted by molar-refractivity contribution is -0.118. The molecule has 0 unspecified atom stereocenters. The number of fused-ring (bicyclic) bond motifs is 2. The number of nitrogens with zero attached hydrogens (tertiary/aromatic N) is 3. The minimum atomic E-state index is -0.162. The fraction of sp³-hybridized carbons (Fsp3) is 0.500. The number of amides is 1. The van der Waals surface area contributed by atoms with Crippen LogP contribution in [0, 0.1) is 5.41 Å². The number of aromatic nitrogens is 3. The number of methoxy groups -OCH3 is 1. The van der Waals surface area contributed by atoms with Gasteiger partial charge in [0.1, 0.15) is 0 Å². The summed E-state index contributed by atoms with van der Waals surface area (Å²) < 4.78 is 10.8. The first-order valence-electron chi connectivity index (χ1n) is 12.9. The van der Waals surface area contributed by atoms with E-state index in [4.69, 9.17) is 9.47 Å². The Kier molecular flexibility index (Phi) is 6.79. The van der Waals surface area contributed by atoms with Gasteiger partial charge in [-0.05, 0) is 80.7 Å². The molecule has 0 aromatic carbocycles. The third-order valence-electron chi connectivity index (χ3n) is 8.17. The van der Waals surface area contributed by atoms with Gasteiger partial charge in [0, 0.05) is 24.3 Å². The van der Waals surface area contributed by atoms with Crippen molar-refractivity contribution < 1.29 is 14.3 Å². The second-order valence-corrected chi connectivity index (χ2v) is 10.4. The molecule has 0 bridgehead atoms. The van der Waals surface area contributed by atoms with E-state index >= 15 is 0 Å². The Hall–Kier alpha value is -3.26.